The molecule has 0 unspecified atom stereocenters. The van der Waals surface area contributed by atoms with Crippen LogP contribution in [0, 0.1) is 0 Å². The van der Waals surface area contributed by atoms with Crippen LogP contribution in [0.25, 0.3) is 0 Å². The predicted molar refractivity (Wildman–Crippen MR) is 81.6 cm³/mol. The molecular weight excluding hydrogens is 274 g/mol. The number of sulfonamides is 1. The molecule has 0 atom stereocenters. The molecule has 0 radical (unpaired) electrons. The van der Waals surface area contributed by atoms with E-state index in [4.69, 9.17) is 0 Å². The first-order chi connectivity index (χ1) is 9.22. The number of benzene rings is 1. The van der Waals surface area contributed by atoms with Crippen molar-refractivity contribution in [3.8, 4) is 0 Å². The summed E-state index contributed by atoms with van der Waals surface area (Å²) in [5.41, 5.74) is 1.88. The largest absolute Gasteiger partial charge is 0.384 e. The molecule has 0 bridgehead atoms. The minimum Gasteiger partial charge on any atom is -0.384 e. The van der Waals surface area contributed by atoms with Crippen LogP contribution >= 0.6 is 0 Å². The second-order valence-corrected chi connectivity index (χ2v) is 7.79. The molecule has 1 aromatic rings. The maximum atomic E-state index is 12.4. The van der Waals surface area contributed by atoms with Crippen molar-refractivity contribution in [3.05, 3.63) is 23.8 Å². The zero-order valence-corrected chi connectivity index (χ0v) is 13.3. The molecule has 1 aromatic carbocycles. The number of fused-ring (bicyclic) bond motifs is 1. The van der Waals surface area contributed by atoms with E-state index in [1.165, 1.54) is 0 Å². The summed E-state index contributed by atoms with van der Waals surface area (Å²) in [5, 5.41) is 3.23. The summed E-state index contributed by atoms with van der Waals surface area (Å²) >= 11 is 0. The van der Waals surface area contributed by atoms with Gasteiger partial charge in [-0.3, -0.25) is 0 Å². The zero-order valence-electron chi connectivity index (χ0n) is 12.5. The fourth-order valence-corrected chi connectivity index (χ4v) is 3.22. The van der Waals surface area contributed by atoms with E-state index >= 15 is 0 Å². The van der Waals surface area contributed by atoms with Crippen LogP contribution in [0.4, 0.5) is 5.69 Å². The number of nitrogens with zero attached hydrogens (tertiary/aromatic N) is 1. The average Bonchev–Trinajstić information content (AvgIpc) is 2.83. The first kappa shape index (κ1) is 15.3. The summed E-state index contributed by atoms with van der Waals surface area (Å²) in [4.78, 5) is 2.34. The molecule has 0 aromatic heterocycles. The highest BCUT2D eigenvalue weighted by Crippen LogP contribution is 2.25. The molecule has 0 saturated heterocycles. The van der Waals surface area contributed by atoms with Crippen LogP contribution in [0.2, 0.25) is 0 Å². The van der Waals surface area contributed by atoms with Gasteiger partial charge in [0.05, 0.1) is 4.90 Å². The summed E-state index contributed by atoms with van der Waals surface area (Å²) in [6.45, 7) is 5.25. The highest BCUT2D eigenvalue weighted by molar-refractivity contribution is 7.89. The highest BCUT2D eigenvalue weighted by atomic mass is 32.2. The van der Waals surface area contributed by atoms with Crippen LogP contribution in [0.15, 0.2) is 23.1 Å². The van der Waals surface area contributed by atoms with Gasteiger partial charge >= 0.3 is 0 Å². The van der Waals surface area contributed by atoms with Crippen LogP contribution in [0.3, 0.4) is 0 Å². The molecule has 0 spiro atoms. The summed E-state index contributed by atoms with van der Waals surface area (Å²) in [6, 6.07) is 5.26. The number of likely N-dealkylation sites (N-methyl/N-ethyl adjacent to an activating group) is 1. The van der Waals surface area contributed by atoms with Crippen LogP contribution in [0.5, 0.6) is 0 Å². The molecule has 0 fully saturated rings. The number of rotatable bonds is 5. The molecule has 0 saturated carbocycles. The van der Waals surface area contributed by atoms with E-state index in [9.17, 15) is 8.42 Å². The molecule has 20 heavy (non-hydrogen) atoms. The lowest BCUT2D eigenvalue weighted by atomic mass is 10.1. The molecule has 112 valence electrons. The Balaban J connectivity index is 2.15. The number of hydrogen-bond donors (Lipinski definition) is 2. The van der Waals surface area contributed by atoms with Crippen LogP contribution in [-0.4, -0.2) is 46.0 Å². The van der Waals surface area contributed by atoms with Gasteiger partial charge in [0, 0.05) is 24.3 Å². The Morgan fingerprint density at radius 1 is 1.35 bits per heavy atom. The van der Waals surface area contributed by atoms with Gasteiger partial charge in [-0.25, -0.2) is 13.1 Å². The van der Waals surface area contributed by atoms with Gasteiger partial charge in [-0.1, -0.05) is 0 Å². The molecule has 2 rings (SSSR count). The second kappa shape index (κ2) is 5.35. The van der Waals surface area contributed by atoms with Gasteiger partial charge in [0.15, 0.2) is 0 Å². The monoisotopic (exact) mass is 297 g/mol. The molecule has 6 heteroatoms. The van der Waals surface area contributed by atoms with E-state index in [0.717, 1.165) is 24.2 Å². The topological polar surface area (TPSA) is 61.4 Å². The minimum atomic E-state index is -3.45. The van der Waals surface area contributed by atoms with Crippen molar-refractivity contribution in [2.75, 3.05) is 32.5 Å². The first-order valence-electron chi connectivity index (χ1n) is 6.76. The van der Waals surface area contributed by atoms with E-state index in [-0.39, 0.29) is 5.54 Å². The van der Waals surface area contributed by atoms with Crippen LogP contribution in [0.1, 0.15) is 19.4 Å². The maximum Gasteiger partial charge on any atom is 0.240 e. The molecular formula is C14H23N3O2S. The van der Waals surface area contributed by atoms with Gasteiger partial charge in [-0.05, 0) is 58.1 Å². The van der Waals surface area contributed by atoms with Gasteiger partial charge in [0.2, 0.25) is 10.0 Å². The van der Waals surface area contributed by atoms with Crippen LogP contribution in [-0.2, 0) is 16.4 Å². The third-order valence-corrected chi connectivity index (χ3v) is 5.40. The normalized spacial score (nSPS) is 15.2. The van der Waals surface area contributed by atoms with E-state index in [0.29, 0.717) is 11.4 Å². The lowest BCUT2D eigenvalue weighted by Gasteiger charge is -2.32. The van der Waals surface area contributed by atoms with Gasteiger partial charge in [-0.15, -0.1) is 0 Å². The van der Waals surface area contributed by atoms with Crippen molar-refractivity contribution in [3.63, 3.8) is 0 Å². The van der Waals surface area contributed by atoms with Crippen molar-refractivity contribution in [2.45, 2.75) is 30.7 Å². The molecule has 1 heterocycles. The summed E-state index contributed by atoms with van der Waals surface area (Å²) in [5.74, 6) is 0. The van der Waals surface area contributed by atoms with E-state index < -0.39 is 10.0 Å². The first-order valence-corrected chi connectivity index (χ1v) is 8.25. The standard InChI is InChI=1S/C14H23N3O2S/c1-14(2,17(3)4)10-16-20(18,19)12-5-6-13-11(9-12)7-8-15-13/h5-6,9,15-16H,7-8,10H2,1-4H3. The summed E-state index contributed by atoms with van der Waals surface area (Å²) in [7, 11) is 0.427. The Kier molecular flexibility index (Phi) is 4.09. The van der Waals surface area contributed by atoms with Gasteiger partial charge in [-0.2, -0.15) is 0 Å². The third-order valence-electron chi connectivity index (χ3n) is 4.00. The fourth-order valence-electron chi connectivity index (χ4n) is 1.96. The van der Waals surface area contributed by atoms with Gasteiger partial charge < -0.3 is 10.2 Å². The van der Waals surface area contributed by atoms with Crippen molar-refractivity contribution < 1.29 is 8.42 Å². The number of nitrogens with one attached hydrogen (secondary N) is 2. The lowest BCUT2D eigenvalue weighted by Crippen LogP contribution is -2.48. The van der Waals surface area contributed by atoms with E-state index in [1.807, 2.05) is 38.9 Å². The molecule has 1 aliphatic heterocycles. The molecule has 0 aliphatic carbocycles. The van der Waals surface area contributed by atoms with Crippen molar-refractivity contribution >= 4 is 15.7 Å². The van der Waals surface area contributed by atoms with Gasteiger partial charge in [0.25, 0.3) is 0 Å². The Bertz CT molecular complexity index is 594. The maximum absolute atomic E-state index is 12.4. The molecule has 0 amide bonds. The number of anilines is 1. The highest BCUT2D eigenvalue weighted by Gasteiger charge is 2.24. The van der Waals surface area contributed by atoms with E-state index in [2.05, 4.69) is 10.0 Å². The Hall–Kier alpha value is -1.11. The van der Waals surface area contributed by atoms with E-state index in [1.54, 1.807) is 12.1 Å². The van der Waals surface area contributed by atoms with Crippen molar-refractivity contribution in [1.29, 1.82) is 0 Å². The number of hydrogen-bond acceptors (Lipinski definition) is 4. The Morgan fingerprint density at radius 3 is 2.70 bits per heavy atom. The zero-order chi connectivity index (χ0) is 15.0. The van der Waals surface area contributed by atoms with Gasteiger partial charge in [0.1, 0.15) is 0 Å². The lowest BCUT2D eigenvalue weighted by molar-refractivity contribution is 0.199. The molecule has 1 aliphatic rings. The molecule has 2 N–H and O–H groups in total. The molecule has 5 nitrogen and oxygen atoms in total. The summed E-state index contributed by atoms with van der Waals surface area (Å²) in [6.07, 6.45) is 0.877. The fraction of sp³-hybridized carbons (Fsp3) is 0.571. The Morgan fingerprint density at radius 2 is 2.05 bits per heavy atom. The Labute approximate surface area is 121 Å². The van der Waals surface area contributed by atoms with Crippen molar-refractivity contribution in [2.24, 2.45) is 0 Å². The SMILES string of the molecule is CN(C)C(C)(C)CNS(=O)(=O)c1ccc2c(c1)CCN2. The quantitative estimate of drug-likeness (QED) is 0.859. The van der Waals surface area contributed by atoms with Crippen molar-refractivity contribution in [1.82, 2.24) is 9.62 Å². The second-order valence-electron chi connectivity index (χ2n) is 6.03. The van der Waals surface area contributed by atoms with Crippen LogP contribution < -0.4 is 10.0 Å². The summed E-state index contributed by atoms with van der Waals surface area (Å²) < 4.78 is 27.4. The predicted octanol–water partition coefficient (Wildman–Crippen LogP) is 1.27. The third kappa shape index (κ3) is 3.13. The smallest absolute Gasteiger partial charge is 0.240 e. The minimum absolute atomic E-state index is 0.231. The average molecular weight is 297 g/mol.